The first kappa shape index (κ1) is 22.3. The van der Waals surface area contributed by atoms with Crippen molar-refractivity contribution in [2.45, 2.75) is 17.6 Å². The number of ketones is 1. The molecular formula is C22H16ClFN2O4S2. The minimum Gasteiger partial charge on any atom is -0.298 e. The van der Waals surface area contributed by atoms with E-state index in [1.165, 1.54) is 30.6 Å². The number of aryl methyl sites for hydroxylation is 1. The van der Waals surface area contributed by atoms with Gasteiger partial charge in [0.15, 0.2) is 15.6 Å². The van der Waals surface area contributed by atoms with Gasteiger partial charge in [0.1, 0.15) is 22.1 Å². The lowest BCUT2D eigenvalue weighted by molar-refractivity contribution is -0.116. The summed E-state index contributed by atoms with van der Waals surface area (Å²) < 4.78 is 40.9. The Labute approximate surface area is 191 Å². The fourth-order valence-electron chi connectivity index (χ4n) is 3.29. The van der Waals surface area contributed by atoms with Gasteiger partial charge in [0.25, 0.3) is 5.56 Å². The van der Waals surface area contributed by atoms with Gasteiger partial charge in [-0.05, 0) is 54.4 Å². The molecule has 0 aliphatic rings. The minimum atomic E-state index is -3.81. The van der Waals surface area contributed by atoms with E-state index in [1.807, 2.05) is 6.92 Å². The van der Waals surface area contributed by atoms with Crippen LogP contribution in [0.2, 0.25) is 4.34 Å². The van der Waals surface area contributed by atoms with Crippen molar-refractivity contribution in [3.8, 4) is 5.69 Å². The molecule has 2 aromatic heterocycles. The Morgan fingerprint density at radius 2 is 1.94 bits per heavy atom. The average molecular weight is 491 g/mol. The first-order valence-electron chi connectivity index (χ1n) is 9.41. The van der Waals surface area contributed by atoms with E-state index < -0.39 is 32.7 Å². The molecule has 0 N–H and O–H groups in total. The predicted octanol–water partition coefficient (Wildman–Crippen LogP) is 4.13. The summed E-state index contributed by atoms with van der Waals surface area (Å²) in [7, 11) is -3.81. The number of carbonyl (C=O) groups excluding carboxylic acids is 1. The molecule has 0 spiro atoms. The molecule has 0 aliphatic carbocycles. The normalized spacial score (nSPS) is 11.7. The van der Waals surface area contributed by atoms with E-state index in [9.17, 15) is 22.4 Å². The van der Waals surface area contributed by atoms with Gasteiger partial charge in [0.2, 0.25) is 0 Å². The van der Waals surface area contributed by atoms with Crippen molar-refractivity contribution in [3.63, 3.8) is 0 Å². The maximum absolute atomic E-state index is 14.8. The number of aromatic nitrogens is 2. The highest BCUT2D eigenvalue weighted by atomic mass is 35.5. The van der Waals surface area contributed by atoms with Gasteiger partial charge < -0.3 is 0 Å². The summed E-state index contributed by atoms with van der Waals surface area (Å²) in [5.74, 6) is -2.01. The molecule has 0 saturated heterocycles. The number of hydrogen-bond donors (Lipinski definition) is 0. The molecule has 4 aromatic rings. The maximum atomic E-state index is 14.8. The number of benzene rings is 2. The molecular weight excluding hydrogens is 475 g/mol. The third kappa shape index (κ3) is 4.50. The highest BCUT2D eigenvalue weighted by Crippen LogP contribution is 2.26. The largest absolute Gasteiger partial charge is 0.298 e. The van der Waals surface area contributed by atoms with Gasteiger partial charge in [-0.3, -0.25) is 14.2 Å². The van der Waals surface area contributed by atoms with Crippen molar-refractivity contribution < 1.29 is 17.6 Å². The summed E-state index contributed by atoms with van der Waals surface area (Å²) >= 11 is 6.64. The molecule has 4 rings (SSSR count). The van der Waals surface area contributed by atoms with Crippen LogP contribution in [-0.2, 0) is 21.1 Å². The molecule has 0 radical (unpaired) electrons. The van der Waals surface area contributed by atoms with Crippen molar-refractivity contribution in [3.05, 3.63) is 86.5 Å². The van der Waals surface area contributed by atoms with Crippen LogP contribution < -0.4 is 5.56 Å². The molecule has 0 amide bonds. The highest BCUT2D eigenvalue weighted by Gasteiger charge is 2.22. The van der Waals surface area contributed by atoms with Crippen molar-refractivity contribution in [1.29, 1.82) is 0 Å². The molecule has 2 aromatic carbocycles. The number of carbonyl (C=O) groups is 1. The Morgan fingerprint density at radius 1 is 1.16 bits per heavy atom. The maximum Gasteiger partial charge on any atom is 0.265 e. The predicted molar refractivity (Wildman–Crippen MR) is 122 cm³/mol. The van der Waals surface area contributed by atoms with Gasteiger partial charge in [0, 0.05) is 6.42 Å². The number of nitrogens with zero attached hydrogens (tertiary/aromatic N) is 2. The van der Waals surface area contributed by atoms with Gasteiger partial charge in [-0.2, -0.15) is 0 Å². The quantitative estimate of drug-likeness (QED) is 0.405. The summed E-state index contributed by atoms with van der Waals surface area (Å²) in [6, 6.07) is 12.0. The molecule has 0 unspecified atom stereocenters. The number of fused-ring (bicyclic) bond motifs is 1. The van der Waals surface area contributed by atoms with Crippen molar-refractivity contribution in [2.24, 2.45) is 0 Å². The van der Waals surface area contributed by atoms with Crippen LogP contribution in [0.3, 0.4) is 0 Å². The highest BCUT2D eigenvalue weighted by molar-refractivity contribution is 7.94. The summed E-state index contributed by atoms with van der Waals surface area (Å²) in [6.45, 7) is 1.88. The second-order valence-corrected chi connectivity index (χ2v) is 11.2. The number of Topliss-reactive ketones (excluding diaryl/α,β-unsaturated/α-hetero) is 1. The Bertz CT molecular complexity index is 1530. The van der Waals surface area contributed by atoms with Crippen LogP contribution in [0.5, 0.6) is 0 Å². The first-order valence-corrected chi connectivity index (χ1v) is 12.3. The second-order valence-electron chi connectivity index (χ2n) is 7.26. The Hall–Kier alpha value is -2.88. The van der Waals surface area contributed by atoms with Gasteiger partial charge in [-0.1, -0.05) is 23.7 Å². The number of rotatable bonds is 6. The minimum absolute atomic E-state index is 0.00996. The van der Waals surface area contributed by atoms with Crippen LogP contribution >= 0.6 is 22.9 Å². The van der Waals surface area contributed by atoms with Crippen molar-refractivity contribution in [1.82, 2.24) is 9.55 Å². The van der Waals surface area contributed by atoms with E-state index in [2.05, 4.69) is 4.98 Å². The van der Waals surface area contributed by atoms with Crippen molar-refractivity contribution in [2.75, 3.05) is 5.75 Å². The summed E-state index contributed by atoms with van der Waals surface area (Å²) in [5.41, 5.74) is 1.34. The van der Waals surface area contributed by atoms with E-state index in [0.29, 0.717) is 20.8 Å². The monoisotopic (exact) mass is 490 g/mol. The third-order valence-corrected chi connectivity index (χ3v) is 8.28. The number of halogens is 2. The Morgan fingerprint density at radius 3 is 2.62 bits per heavy atom. The summed E-state index contributed by atoms with van der Waals surface area (Å²) in [5, 5.41) is 0.357. The van der Waals surface area contributed by atoms with Crippen LogP contribution in [0.25, 0.3) is 16.6 Å². The molecule has 0 fully saturated rings. The smallest absolute Gasteiger partial charge is 0.265 e. The standard InChI is InChI=1S/C22H16ClFN2O4S2/c1-13-2-4-16-18(8-13)25-12-26(22(16)28)19-5-3-14(10-17(19)24)9-15(27)11-32(29,30)21-7-6-20(23)31-21/h2-8,10,12H,9,11H2,1H3. The van der Waals surface area contributed by atoms with Crippen LogP contribution in [0, 0.1) is 12.7 Å². The number of hydrogen-bond acceptors (Lipinski definition) is 6. The lowest BCUT2D eigenvalue weighted by atomic mass is 10.1. The first-order chi connectivity index (χ1) is 15.1. The molecule has 164 valence electrons. The number of sulfone groups is 1. The molecule has 0 atom stereocenters. The molecule has 32 heavy (non-hydrogen) atoms. The summed E-state index contributed by atoms with van der Waals surface area (Å²) in [4.78, 5) is 29.3. The van der Waals surface area contributed by atoms with E-state index in [0.717, 1.165) is 27.5 Å². The Kier molecular flexibility index (Phi) is 5.98. The fourth-order valence-corrected chi connectivity index (χ4v) is 6.10. The van der Waals surface area contributed by atoms with Crippen LogP contribution in [0.15, 0.2) is 63.9 Å². The van der Waals surface area contributed by atoms with Crippen LogP contribution in [0.4, 0.5) is 4.39 Å². The van der Waals surface area contributed by atoms with Gasteiger partial charge in [0.05, 0.1) is 20.9 Å². The Balaban J connectivity index is 1.57. The van der Waals surface area contributed by atoms with E-state index >= 15 is 0 Å². The zero-order valence-corrected chi connectivity index (χ0v) is 19.1. The van der Waals surface area contributed by atoms with Gasteiger partial charge >= 0.3 is 0 Å². The van der Waals surface area contributed by atoms with Gasteiger partial charge in [-0.25, -0.2) is 17.8 Å². The molecule has 10 heteroatoms. The molecule has 0 saturated carbocycles. The zero-order valence-electron chi connectivity index (χ0n) is 16.7. The molecule has 6 nitrogen and oxygen atoms in total. The lowest BCUT2D eigenvalue weighted by Crippen LogP contribution is -2.20. The third-order valence-electron chi connectivity index (χ3n) is 4.79. The van der Waals surface area contributed by atoms with Crippen LogP contribution in [-0.4, -0.2) is 29.5 Å². The van der Waals surface area contributed by atoms with E-state index in [1.54, 1.807) is 18.2 Å². The SMILES string of the molecule is Cc1ccc2c(=O)n(-c3ccc(CC(=O)CS(=O)(=O)c4ccc(Cl)s4)cc3F)cnc2c1. The number of thiophene rings is 1. The van der Waals surface area contributed by atoms with Crippen LogP contribution in [0.1, 0.15) is 11.1 Å². The van der Waals surface area contributed by atoms with Crippen molar-refractivity contribution >= 4 is 49.5 Å². The summed E-state index contributed by atoms with van der Waals surface area (Å²) in [6.07, 6.45) is 0.992. The average Bonchev–Trinajstić information content (AvgIpc) is 3.16. The molecule has 0 aliphatic heterocycles. The lowest BCUT2D eigenvalue weighted by Gasteiger charge is -2.10. The van der Waals surface area contributed by atoms with E-state index in [-0.39, 0.29) is 16.3 Å². The molecule has 0 bridgehead atoms. The van der Waals surface area contributed by atoms with Gasteiger partial charge in [-0.15, -0.1) is 11.3 Å². The topological polar surface area (TPSA) is 86.1 Å². The van der Waals surface area contributed by atoms with E-state index in [4.69, 9.17) is 11.6 Å². The fraction of sp³-hybridized carbons (Fsp3) is 0.136. The zero-order chi connectivity index (χ0) is 23.0. The molecule has 2 heterocycles. The second kappa shape index (κ2) is 8.57.